The first kappa shape index (κ1) is 21.4. The molecule has 1 aromatic rings. The summed E-state index contributed by atoms with van der Waals surface area (Å²) in [5, 5.41) is 16.0. The minimum Gasteiger partial charge on any atom is -0.350 e. The fraction of sp³-hybridized carbons (Fsp3) is 0.650. The number of aryl methyl sites for hydroxylation is 1. The first-order valence-electron chi connectivity index (χ1n) is 9.53. The highest BCUT2D eigenvalue weighted by molar-refractivity contribution is 7.16. The Morgan fingerprint density at radius 2 is 1.89 bits per heavy atom. The fourth-order valence-electron chi connectivity index (χ4n) is 3.21. The molecule has 2 rings (SSSR count). The first-order valence-corrected chi connectivity index (χ1v) is 10.4. The third kappa shape index (κ3) is 6.64. The Labute approximate surface area is 165 Å². The highest BCUT2D eigenvalue weighted by Crippen LogP contribution is 2.36. The molecule has 0 spiro atoms. The van der Waals surface area contributed by atoms with Crippen LogP contribution in [-0.4, -0.2) is 42.4 Å². The molecule has 0 aliphatic heterocycles. The average molecular weight is 391 g/mol. The Hall–Kier alpha value is -1.91. The molecule has 0 aromatic carbocycles. The molecule has 0 saturated carbocycles. The van der Waals surface area contributed by atoms with E-state index in [0.717, 1.165) is 31.2 Å². The van der Waals surface area contributed by atoms with Gasteiger partial charge in [-0.15, -0.1) is 11.3 Å². The van der Waals surface area contributed by atoms with E-state index in [9.17, 15) is 14.9 Å². The van der Waals surface area contributed by atoms with Gasteiger partial charge in [0.25, 0.3) is 0 Å². The molecule has 1 aliphatic carbocycles. The number of hydrogen-bond acceptors (Lipinski definition) is 5. The molecule has 1 heterocycles. The zero-order valence-electron chi connectivity index (χ0n) is 16.8. The van der Waals surface area contributed by atoms with E-state index in [1.54, 1.807) is 11.3 Å². The van der Waals surface area contributed by atoms with Crippen LogP contribution in [0.2, 0.25) is 0 Å². The summed E-state index contributed by atoms with van der Waals surface area (Å²) in [5.74, 6) is -0.176. The fourth-order valence-corrected chi connectivity index (χ4v) is 4.47. The van der Waals surface area contributed by atoms with Crippen LogP contribution in [0, 0.1) is 11.3 Å². The molecular weight excluding hydrogens is 360 g/mol. The van der Waals surface area contributed by atoms with Gasteiger partial charge in [0.05, 0.1) is 12.1 Å². The van der Waals surface area contributed by atoms with Crippen molar-refractivity contribution < 1.29 is 9.59 Å². The van der Waals surface area contributed by atoms with E-state index in [2.05, 4.69) is 16.7 Å². The number of carbonyl (C=O) groups excluding carboxylic acids is 2. The molecule has 2 N–H and O–H groups in total. The lowest BCUT2D eigenvalue weighted by molar-refractivity contribution is -0.124. The molecular formula is C20H30N4O2S. The number of nitriles is 1. The number of nitrogens with zero attached hydrogens (tertiary/aromatic N) is 2. The molecule has 27 heavy (non-hydrogen) atoms. The molecule has 0 fully saturated rings. The molecule has 0 unspecified atom stereocenters. The maximum Gasteiger partial charge on any atom is 0.234 e. The first-order chi connectivity index (χ1) is 12.7. The second-order valence-electron chi connectivity index (χ2n) is 8.21. The Kier molecular flexibility index (Phi) is 7.40. The molecule has 2 amide bonds. The zero-order chi connectivity index (χ0) is 20.0. The van der Waals surface area contributed by atoms with Gasteiger partial charge in [-0.3, -0.25) is 14.5 Å². The summed E-state index contributed by atoms with van der Waals surface area (Å²) in [7, 11) is 1.82. The molecule has 1 aromatic heterocycles. The monoisotopic (exact) mass is 390 g/mol. The maximum absolute atomic E-state index is 12.3. The second kappa shape index (κ2) is 9.34. The van der Waals surface area contributed by atoms with E-state index in [1.165, 1.54) is 11.3 Å². The molecule has 0 saturated heterocycles. The minimum absolute atomic E-state index is 0.0563. The molecule has 7 heteroatoms. The SMILES string of the molecule is CN(CCC(=O)Nc1sc2c(c1C#N)CCCCC2)CC(=O)NC(C)(C)C. The predicted octanol–water partition coefficient (Wildman–Crippen LogP) is 3.06. The van der Waals surface area contributed by atoms with Crippen molar-refractivity contribution in [2.75, 3.05) is 25.5 Å². The lowest BCUT2D eigenvalue weighted by atomic mass is 10.1. The smallest absolute Gasteiger partial charge is 0.234 e. The van der Waals surface area contributed by atoms with Crippen LogP contribution in [0.1, 0.15) is 62.5 Å². The van der Waals surface area contributed by atoms with Crippen LogP contribution < -0.4 is 10.6 Å². The number of rotatable bonds is 6. The van der Waals surface area contributed by atoms with Crippen LogP contribution in [-0.2, 0) is 22.4 Å². The van der Waals surface area contributed by atoms with Crippen LogP contribution in [0.3, 0.4) is 0 Å². The van der Waals surface area contributed by atoms with Gasteiger partial charge in [-0.2, -0.15) is 5.26 Å². The van der Waals surface area contributed by atoms with Crippen molar-refractivity contribution in [2.24, 2.45) is 0 Å². The number of nitrogens with one attached hydrogen (secondary N) is 2. The number of amides is 2. The number of fused-ring (bicyclic) bond motifs is 1. The van der Waals surface area contributed by atoms with Gasteiger partial charge >= 0.3 is 0 Å². The van der Waals surface area contributed by atoms with Crippen molar-refractivity contribution >= 4 is 28.2 Å². The van der Waals surface area contributed by atoms with Gasteiger partial charge in [0, 0.05) is 23.4 Å². The third-order valence-electron chi connectivity index (χ3n) is 4.43. The van der Waals surface area contributed by atoms with Crippen molar-refractivity contribution in [3.63, 3.8) is 0 Å². The Balaban J connectivity index is 1.87. The molecule has 148 valence electrons. The molecule has 1 aliphatic rings. The lowest BCUT2D eigenvalue weighted by Gasteiger charge is -2.23. The van der Waals surface area contributed by atoms with Gasteiger partial charge in [0.1, 0.15) is 11.1 Å². The summed E-state index contributed by atoms with van der Waals surface area (Å²) in [4.78, 5) is 27.4. The Morgan fingerprint density at radius 3 is 2.56 bits per heavy atom. The van der Waals surface area contributed by atoms with Crippen molar-refractivity contribution in [3.8, 4) is 6.07 Å². The Bertz CT molecular complexity index is 728. The predicted molar refractivity (Wildman–Crippen MR) is 109 cm³/mol. The highest BCUT2D eigenvalue weighted by Gasteiger charge is 2.21. The number of hydrogen-bond donors (Lipinski definition) is 2. The van der Waals surface area contributed by atoms with Gasteiger partial charge < -0.3 is 10.6 Å². The van der Waals surface area contributed by atoms with Crippen molar-refractivity contribution in [2.45, 2.75) is 64.8 Å². The second-order valence-corrected chi connectivity index (χ2v) is 9.32. The van der Waals surface area contributed by atoms with E-state index in [-0.39, 0.29) is 30.3 Å². The Morgan fingerprint density at radius 1 is 1.19 bits per heavy atom. The average Bonchev–Trinajstić information content (AvgIpc) is 2.71. The van der Waals surface area contributed by atoms with E-state index < -0.39 is 0 Å². The largest absolute Gasteiger partial charge is 0.350 e. The van der Waals surface area contributed by atoms with Crippen LogP contribution >= 0.6 is 11.3 Å². The maximum atomic E-state index is 12.3. The standard InChI is InChI=1S/C20H30N4O2S/c1-20(2,3)23-18(26)13-24(4)11-10-17(25)22-19-15(12-21)14-8-6-5-7-9-16(14)27-19/h5-11,13H2,1-4H3,(H,22,25)(H,23,26). The summed E-state index contributed by atoms with van der Waals surface area (Å²) in [6, 6.07) is 2.28. The van der Waals surface area contributed by atoms with Crippen molar-refractivity contribution in [1.82, 2.24) is 10.2 Å². The van der Waals surface area contributed by atoms with E-state index in [0.29, 0.717) is 17.1 Å². The summed E-state index contributed by atoms with van der Waals surface area (Å²) in [5.41, 5.74) is 1.51. The number of carbonyl (C=O) groups is 2. The summed E-state index contributed by atoms with van der Waals surface area (Å²) >= 11 is 1.55. The van der Waals surface area contributed by atoms with E-state index in [4.69, 9.17) is 0 Å². The molecule has 0 bridgehead atoms. The van der Waals surface area contributed by atoms with E-state index in [1.807, 2.05) is 32.7 Å². The van der Waals surface area contributed by atoms with Crippen LogP contribution in [0.4, 0.5) is 5.00 Å². The van der Waals surface area contributed by atoms with Gasteiger partial charge in [-0.1, -0.05) is 6.42 Å². The normalized spacial score (nSPS) is 14.2. The summed E-state index contributed by atoms with van der Waals surface area (Å²) < 4.78 is 0. The van der Waals surface area contributed by atoms with Gasteiger partial charge in [0.2, 0.25) is 11.8 Å². The highest BCUT2D eigenvalue weighted by atomic mass is 32.1. The molecule has 0 radical (unpaired) electrons. The third-order valence-corrected chi connectivity index (χ3v) is 5.64. The van der Waals surface area contributed by atoms with Gasteiger partial charge in [-0.05, 0) is 59.1 Å². The lowest BCUT2D eigenvalue weighted by Crippen LogP contribution is -2.45. The number of likely N-dealkylation sites (N-methyl/N-ethyl adjacent to an activating group) is 1. The summed E-state index contributed by atoms with van der Waals surface area (Å²) in [6.45, 7) is 6.55. The van der Waals surface area contributed by atoms with Crippen LogP contribution in [0.15, 0.2) is 0 Å². The van der Waals surface area contributed by atoms with Gasteiger partial charge in [0.15, 0.2) is 0 Å². The molecule has 6 nitrogen and oxygen atoms in total. The van der Waals surface area contributed by atoms with Gasteiger partial charge in [-0.25, -0.2) is 0 Å². The van der Waals surface area contributed by atoms with Crippen molar-refractivity contribution in [1.29, 1.82) is 5.26 Å². The van der Waals surface area contributed by atoms with Crippen molar-refractivity contribution in [3.05, 3.63) is 16.0 Å². The quantitative estimate of drug-likeness (QED) is 0.731. The number of anilines is 1. The molecule has 0 atom stereocenters. The topological polar surface area (TPSA) is 85.2 Å². The number of thiophene rings is 1. The van der Waals surface area contributed by atoms with Crippen LogP contribution in [0.5, 0.6) is 0 Å². The zero-order valence-corrected chi connectivity index (χ0v) is 17.6. The van der Waals surface area contributed by atoms with E-state index >= 15 is 0 Å². The summed E-state index contributed by atoms with van der Waals surface area (Å²) in [6.07, 6.45) is 5.66. The minimum atomic E-state index is -0.264. The van der Waals surface area contributed by atoms with Crippen LogP contribution in [0.25, 0.3) is 0 Å².